The van der Waals surface area contributed by atoms with Gasteiger partial charge in [-0.05, 0) is 24.4 Å². The normalized spacial score (nSPS) is 12.6. The number of ether oxygens (including phenoxy) is 1. The predicted molar refractivity (Wildman–Crippen MR) is 72.6 cm³/mol. The molecule has 0 bridgehead atoms. The van der Waals surface area contributed by atoms with Crippen LogP contribution in [0.2, 0.25) is 0 Å². The molecule has 1 aromatic carbocycles. The molecule has 19 heavy (non-hydrogen) atoms. The highest BCUT2D eigenvalue weighted by molar-refractivity contribution is 7.10. The molecular weight excluding hydrogens is 268 g/mol. The quantitative estimate of drug-likeness (QED) is 0.858. The van der Waals surface area contributed by atoms with Crippen LogP contribution in [0.4, 0.5) is 8.78 Å². The van der Waals surface area contributed by atoms with Crippen LogP contribution in [0.3, 0.4) is 0 Å². The molecule has 0 radical (unpaired) electrons. The van der Waals surface area contributed by atoms with Crippen molar-refractivity contribution in [3.05, 3.63) is 52.2 Å². The Balaban J connectivity index is 1.99. The Kier molecular flexibility index (Phi) is 4.87. The van der Waals surface area contributed by atoms with Crippen molar-refractivity contribution in [2.75, 3.05) is 0 Å². The molecule has 1 unspecified atom stereocenters. The summed E-state index contributed by atoms with van der Waals surface area (Å²) in [6, 6.07) is 11.1. The lowest BCUT2D eigenvalue weighted by molar-refractivity contribution is -0.0505. The van der Waals surface area contributed by atoms with Crippen LogP contribution in [0.25, 0.3) is 0 Å². The summed E-state index contributed by atoms with van der Waals surface area (Å²) in [4.78, 5) is 1.22. The van der Waals surface area contributed by atoms with E-state index >= 15 is 0 Å². The van der Waals surface area contributed by atoms with Gasteiger partial charge in [-0.25, -0.2) is 0 Å². The van der Waals surface area contributed by atoms with E-state index in [9.17, 15) is 8.78 Å². The van der Waals surface area contributed by atoms with Crippen LogP contribution in [-0.2, 0) is 6.54 Å². The number of thiophene rings is 1. The van der Waals surface area contributed by atoms with E-state index in [1.54, 1.807) is 29.5 Å². The summed E-state index contributed by atoms with van der Waals surface area (Å²) >= 11 is 1.67. The third-order valence-corrected chi connectivity index (χ3v) is 3.81. The first-order valence-corrected chi connectivity index (χ1v) is 6.84. The minimum Gasteiger partial charge on any atom is -0.434 e. The van der Waals surface area contributed by atoms with Crippen molar-refractivity contribution in [3.8, 4) is 5.75 Å². The molecule has 1 aromatic heterocycles. The number of halogens is 2. The van der Waals surface area contributed by atoms with Gasteiger partial charge in [0.25, 0.3) is 0 Å². The molecule has 0 aliphatic carbocycles. The Morgan fingerprint density at radius 1 is 1.21 bits per heavy atom. The molecule has 0 saturated heterocycles. The molecule has 0 aliphatic heterocycles. The lowest BCUT2D eigenvalue weighted by Crippen LogP contribution is -2.18. The Morgan fingerprint density at radius 2 is 2.00 bits per heavy atom. The van der Waals surface area contributed by atoms with Gasteiger partial charge in [-0.1, -0.05) is 24.3 Å². The summed E-state index contributed by atoms with van der Waals surface area (Å²) in [5, 5.41) is 5.32. The van der Waals surface area contributed by atoms with Crippen LogP contribution < -0.4 is 10.1 Å². The molecule has 5 heteroatoms. The van der Waals surface area contributed by atoms with Crippen molar-refractivity contribution in [3.63, 3.8) is 0 Å². The number of hydrogen-bond donors (Lipinski definition) is 1. The second-order valence-electron chi connectivity index (χ2n) is 4.10. The SMILES string of the molecule is CC(NCc1ccccc1OC(F)F)c1cccs1. The summed E-state index contributed by atoms with van der Waals surface area (Å²) in [5.74, 6) is 0.225. The number of para-hydroxylation sites is 1. The summed E-state index contributed by atoms with van der Waals surface area (Å²) in [7, 11) is 0. The standard InChI is InChI=1S/C14H15F2NOS/c1-10(13-7-4-8-19-13)17-9-11-5-2-3-6-12(11)18-14(15)16/h2-8,10,14,17H,9H2,1H3. The second-order valence-corrected chi connectivity index (χ2v) is 5.08. The maximum Gasteiger partial charge on any atom is 0.387 e. The predicted octanol–water partition coefficient (Wildman–Crippen LogP) is 4.20. The largest absolute Gasteiger partial charge is 0.434 e. The smallest absolute Gasteiger partial charge is 0.387 e. The van der Waals surface area contributed by atoms with Crippen molar-refractivity contribution < 1.29 is 13.5 Å². The van der Waals surface area contributed by atoms with Crippen LogP contribution >= 0.6 is 11.3 Å². The molecule has 2 nitrogen and oxygen atoms in total. The highest BCUT2D eigenvalue weighted by Crippen LogP contribution is 2.22. The molecule has 2 rings (SSSR count). The summed E-state index contributed by atoms with van der Waals surface area (Å²) in [6.07, 6.45) is 0. The van der Waals surface area contributed by atoms with Crippen molar-refractivity contribution in [2.45, 2.75) is 26.1 Å². The number of alkyl halides is 2. The highest BCUT2D eigenvalue weighted by atomic mass is 32.1. The van der Waals surface area contributed by atoms with E-state index in [1.807, 2.05) is 30.5 Å². The van der Waals surface area contributed by atoms with E-state index in [2.05, 4.69) is 10.1 Å². The Hall–Kier alpha value is -1.46. The summed E-state index contributed by atoms with van der Waals surface area (Å²) in [6.45, 7) is -0.263. The average molecular weight is 283 g/mol. The summed E-state index contributed by atoms with van der Waals surface area (Å²) < 4.78 is 29.1. The molecule has 0 fully saturated rings. The van der Waals surface area contributed by atoms with Gasteiger partial charge in [-0.3, -0.25) is 0 Å². The van der Waals surface area contributed by atoms with E-state index in [0.717, 1.165) is 5.56 Å². The molecular formula is C14H15F2NOS. The lowest BCUT2D eigenvalue weighted by atomic mass is 10.2. The van der Waals surface area contributed by atoms with Gasteiger partial charge in [0.05, 0.1) is 0 Å². The second kappa shape index (κ2) is 6.63. The van der Waals surface area contributed by atoms with Crippen LogP contribution in [0.15, 0.2) is 41.8 Å². The molecule has 1 N–H and O–H groups in total. The molecule has 0 aliphatic rings. The molecule has 0 amide bonds. The average Bonchev–Trinajstić information content (AvgIpc) is 2.90. The third kappa shape index (κ3) is 4.01. The first-order chi connectivity index (χ1) is 9.16. The fourth-order valence-corrected chi connectivity index (χ4v) is 2.52. The molecule has 102 valence electrons. The van der Waals surface area contributed by atoms with Gasteiger partial charge in [0.2, 0.25) is 0 Å². The Labute approximate surface area is 115 Å². The van der Waals surface area contributed by atoms with E-state index in [4.69, 9.17) is 0 Å². The maximum absolute atomic E-state index is 12.3. The van der Waals surface area contributed by atoms with Crippen molar-refractivity contribution in [1.29, 1.82) is 0 Å². The van der Waals surface area contributed by atoms with E-state index in [0.29, 0.717) is 6.54 Å². The van der Waals surface area contributed by atoms with E-state index < -0.39 is 6.61 Å². The van der Waals surface area contributed by atoms with Gasteiger partial charge < -0.3 is 10.1 Å². The van der Waals surface area contributed by atoms with Gasteiger partial charge in [-0.15, -0.1) is 11.3 Å². The van der Waals surface area contributed by atoms with Gasteiger partial charge in [0, 0.05) is 23.0 Å². The summed E-state index contributed by atoms with van der Waals surface area (Å²) in [5.41, 5.74) is 0.728. The molecule has 2 aromatic rings. The highest BCUT2D eigenvalue weighted by Gasteiger charge is 2.11. The zero-order valence-corrected chi connectivity index (χ0v) is 11.3. The number of hydrogen-bond acceptors (Lipinski definition) is 3. The molecule has 0 spiro atoms. The first kappa shape index (κ1) is 14.0. The minimum absolute atomic E-state index is 0.180. The molecule has 0 saturated carbocycles. The fraction of sp³-hybridized carbons (Fsp3) is 0.286. The van der Waals surface area contributed by atoms with Crippen LogP contribution in [0.5, 0.6) is 5.75 Å². The van der Waals surface area contributed by atoms with Crippen LogP contribution in [0.1, 0.15) is 23.4 Å². The van der Waals surface area contributed by atoms with Crippen LogP contribution in [0, 0.1) is 0 Å². The van der Waals surface area contributed by atoms with E-state index in [-0.39, 0.29) is 11.8 Å². The molecule has 1 atom stereocenters. The monoisotopic (exact) mass is 283 g/mol. The maximum atomic E-state index is 12.3. The van der Waals surface area contributed by atoms with E-state index in [1.165, 1.54) is 4.88 Å². The first-order valence-electron chi connectivity index (χ1n) is 5.96. The Morgan fingerprint density at radius 3 is 2.68 bits per heavy atom. The van der Waals surface area contributed by atoms with Gasteiger partial charge in [0.15, 0.2) is 0 Å². The van der Waals surface area contributed by atoms with Crippen molar-refractivity contribution >= 4 is 11.3 Å². The lowest BCUT2D eigenvalue weighted by Gasteiger charge is -2.15. The zero-order valence-electron chi connectivity index (χ0n) is 10.5. The van der Waals surface area contributed by atoms with Gasteiger partial charge in [0.1, 0.15) is 5.75 Å². The fourth-order valence-electron chi connectivity index (χ4n) is 1.76. The number of rotatable bonds is 6. The van der Waals surface area contributed by atoms with Crippen molar-refractivity contribution in [2.24, 2.45) is 0 Å². The minimum atomic E-state index is -2.80. The van der Waals surface area contributed by atoms with Crippen molar-refractivity contribution in [1.82, 2.24) is 5.32 Å². The third-order valence-electron chi connectivity index (χ3n) is 2.76. The van der Waals surface area contributed by atoms with Crippen LogP contribution in [-0.4, -0.2) is 6.61 Å². The molecule has 1 heterocycles. The van der Waals surface area contributed by atoms with Gasteiger partial charge >= 0.3 is 6.61 Å². The topological polar surface area (TPSA) is 21.3 Å². The Bertz CT molecular complexity index is 502. The van der Waals surface area contributed by atoms with Gasteiger partial charge in [-0.2, -0.15) is 8.78 Å². The number of benzene rings is 1. The zero-order chi connectivity index (χ0) is 13.7. The number of nitrogens with one attached hydrogen (secondary N) is 1.